The first-order valence-electron chi connectivity index (χ1n) is 6.95. The van der Waals surface area contributed by atoms with E-state index in [2.05, 4.69) is 0 Å². The number of sulfonamides is 1. The Labute approximate surface area is 131 Å². The van der Waals surface area contributed by atoms with Crippen LogP contribution in [0.4, 0.5) is 0 Å². The molecule has 2 aromatic rings. The zero-order valence-corrected chi connectivity index (χ0v) is 13.1. The van der Waals surface area contributed by atoms with E-state index in [1.807, 2.05) is 30.3 Å². The number of benzene rings is 2. The normalized spacial score (nSPS) is 11.6. The van der Waals surface area contributed by atoms with Crippen LogP contribution in [0.5, 0.6) is 0 Å². The highest BCUT2D eigenvalue weighted by molar-refractivity contribution is 7.89. The maximum absolute atomic E-state index is 12.6. The minimum absolute atomic E-state index is 0.134. The quantitative estimate of drug-likeness (QED) is 0.764. The topological polar surface area (TPSA) is 77.8 Å². The Balaban J connectivity index is 2.26. The van der Waals surface area contributed by atoms with E-state index in [1.54, 1.807) is 6.92 Å². The predicted octanol–water partition coefficient (Wildman–Crippen LogP) is 0.577. The summed E-state index contributed by atoms with van der Waals surface area (Å²) in [7, 11) is -5.23. The van der Waals surface area contributed by atoms with E-state index in [0.717, 1.165) is 5.56 Å². The van der Waals surface area contributed by atoms with Gasteiger partial charge in [0.15, 0.2) is 0 Å². The smallest absolute Gasteiger partial charge is 0.423 e. The first-order chi connectivity index (χ1) is 10.4. The van der Waals surface area contributed by atoms with Crippen molar-refractivity contribution < 1.29 is 18.5 Å². The van der Waals surface area contributed by atoms with Crippen LogP contribution in [0.25, 0.3) is 0 Å². The Morgan fingerprint density at radius 3 is 2.09 bits per heavy atom. The maximum atomic E-state index is 12.6. The fourth-order valence-corrected chi connectivity index (χ4v) is 3.55. The molecular weight excluding hydrogens is 301 g/mol. The summed E-state index contributed by atoms with van der Waals surface area (Å²) in [6.07, 6.45) is 0. The van der Waals surface area contributed by atoms with E-state index in [1.165, 1.54) is 28.6 Å². The summed E-state index contributed by atoms with van der Waals surface area (Å²) < 4.78 is 26.7. The molecule has 0 saturated carbocycles. The molecule has 0 saturated heterocycles. The lowest BCUT2D eigenvalue weighted by atomic mass is 9.81. The molecule has 5 nitrogen and oxygen atoms in total. The number of hydrogen-bond donors (Lipinski definition) is 2. The highest BCUT2D eigenvalue weighted by Gasteiger charge is 2.23. The van der Waals surface area contributed by atoms with Crippen molar-refractivity contribution >= 4 is 22.6 Å². The van der Waals surface area contributed by atoms with Crippen LogP contribution in [0.3, 0.4) is 0 Å². The van der Waals surface area contributed by atoms with Crippen LogP contribution >= 0.6 is 0 Å². The van der Waals surface area contributed by atoms with Gasteiger partial charge < -0.3 is 10.0 Å². The van der Waals surface area contributed by atoms with Crippen LogP contribution in [0.15, 0.2) is 59.5 Å². The average molecular weight is 319 g/mol. The van der Waals surface area contributed by atoms with E-state index in [-0.39, 0.29) is 10.4 Å². The first-order valence-corrected chi connectivity index (χ1v) is 8.39. The van der Waals surface area contributed by atoms with Gasteiger partial charge in [-0.2, -0.15) is 4.31 Å². The van der Waals surface area contributed by atoms with Crippen molar-refractivity contribution in [3.63, 3.8) is 0 Å². The van der Waals surface area contributed by atoms with Crippen molar-refractivity contribution in [2.75, 3.05) is 6.54 Å². The summed E-state index contributed by atoms with van der Waals surface area (Å²) in [6.45, 7) is 2.43. The Kier molecular flexibility index (Phi) is 5.36. The van der Waals surface area contributed by atoms with Crippen LogP contribution in [0.1, 0.15) is 12.5 Å². The van der Waals surface area contributed by atoms with Gasteiger partial charge >= 0.3 is 7.12 Å². The van der Waals surface area contributed by atoms with Crippen molar-refractivity contribution in [3.8, 4) is 0 Å². The van der Waals surface area contributed by atoms with Crippen molar-refractivity contribution in [2.24, 2.45) is 0 Å². The fourth-order valence-electron chi connectivity index (χ4n) is 2.11. The summed E-state index contributed by atoms with van der Waals surface area (Å²) in [5, 5.41) is 18.1. The van der Waals surface area contributed by atoms with Crippen LogP contribution in [-0.4, -0.2) is 36.4 Å². The van der Waals surface area contributed by atoms with Crippen LogP contribution in [0, 0.1) is 0 Å². The highest BCUT2D eigenvalue weighted by Crippen LogP contribution is 2.17. The summed E-state index contributed by atoms with van der Waals surface area (Å²) in [6, 6.07) is 14.9. The van der Waals surface area contributed by atoms with Gasteiger partial charge in [0, 0.05) is 13.1 Å². The molecule has 2 N–H and O–H groups in total. The van der Waals surface area contributed by atoms with Crippen molar-refractivity contribution in [3.05, 3.63) is 60.2 Å². The minimum atomic E-state index is -3.62. The van der Waals surface area contributed by atoms with Gasteiger partial charge in [-0.3, -0.25) is 0 Å². The fraction of sp³-hybridized carbons (Fsp3) is 0.200. The van der Waals surface area contributed by atoms with Gasteiger partial charge in [-0.25, -0.2) is 8.42 Å². The molecular formula is C15H18BNO4S. The molecule has 2 aromatic carbocycles. The van der Waals surface area contributed by atoms with E-state index in [0.29, 0.717) is 13.1 Å². The van der Waals surface area contributed by atoms with Gasteiger partial charge in [-0.15, -0.1) is 0 Å². The summed E-state index contributed by atoms with van der Waals surface area (Å²) >= 11 is 0. The number of rotatable bonds is 6. The maximum Gasteiger partial charge on any atom is 0.488 e. The highest BCUT2D eigenvalue weighted by atomic mass is 32.2. The summed E-state index contributed by atoms with van der Waals surface area (Å²) in [5.41, 5.74) is 1.17. The third-order valence-corrected chi connectivity index (χ3v) is 5.31. The van der Waals surface area contributed by atoms with E-state index < -0.39 is 17.1 Å². The molecule has 0 radical (unpaired) electrons. The van der Waals surface area contributed by atoms with Gasteiger partial charge in [0.05, 0.1) is 4.90 Å². The second kappa shape index (κ2) is 7.06. The molecule has 0 bridgehead atoms. The molecule has 0 fully saturated rings. The van der Waals surface area contributed by atoms with Gasteiger partial charge in [0.1, 0.15) is 0 Å². The molecule has 0 spiro atoms. The molecule has 0 heterocycles. The largest absolute Gasteiger partial charge is 0.488 e. The zero-order chi connectivity index (χ0) is 16.2. The minimum Gasteiger partial charge on any atom is -0.423 e. The SMILES string of the molecule is CCN(Cc1ccccc1)S(=O)(=O)c1ccc(B(O)O)cc1. The van der Waals surface area contributed by atoms with Crippen molar-refractivity contribution in [2.45, 2.75) is 18.4 Å². The number of hydrogen-bond acceptors (Lipinski definition) is 4. The molecule has 0 aliphatic heterocycles. The Morgan fingerprint density at radius 2 is 1.59 bits per heavy atom. The van der Waals surface area contributed by atoms with E-state index in [4.69, 9.17) is 10.0 Å². The predicted molar refractivity (Wildman–Crippen MR) is 86.0 cm³/mol. The molecule has 116 valence electrons. The van der Waals surface area contributed by atoms with Crippen molar-refractivity contribution in [1.29, 1.82) is 0 Å². The molecule has 0 aromatic heterocycles. The van der Waals surface area contributed by atoms with Crippen LogP contribution < -0.4 is 5.46 Å². The first kappa shape index (κ1) is 16.7. The third kappa shape index (κ3) is 3.75. The van der Waals surface area contributed by atoms with Crippen molar-refractivity contribution in [1.82, 2.24) is 4.31 Å². The molecule has 2 rings (SSSR count). The van der Waals surface area contributed by atoms with Gasteiger partial charge in [0.2, 0.25) is 10.0 Å². The standard InChI is InChI=1S/C15H18BNO4S/c1-2-17(12-13-6-4-3-5-7-13)22(20,21)15-10-8-14(9-11-15)16(18)19/h3-11,18-19H,2,12H2,1H3. The molecule has 0 aliphatic carbocycles. The van der Waals surface area contributed by atoms with E-state index >= 15 is 0 Å². The Morgan fingerprint density at radius 1 is 1.00 bits per heavy atom. The molecule has 22 heavy (non-hydrogen) atoms. The lowest BCUT2D eigenvalue weighted by molar-refractivity contribution is 0.422. The molecule has 7 heteroatoms. The summed E-state index contributed by atoms with van der Waals surface area (Å²) in [4.78, 5) is 0.134. The molecule has 0 atom stereocenters. The molecule has 0 aliphatic rings. The van der Waals surface area contributed by atoms with Gasteiger partial charge in [-0.05, 0) is 23.2 Å². The Bertz CT molecular complexity index is 702. The second-order valence-electron chi connectivity index (χ2n) is 4.86. The monoisotopic (exact) mass is 319 g/mol. The third-order valence-electron chi connectivity index (χ3n) is 3.37. The second-order valence-corrected chi connectivity index (χ2v) is 6.80. The average Bonchev–Trinajstić information content (AvgIpc) is 2.53. The molecule has 0 amide bonds. The summed E-state index contributed by atoms with van der Waals surface area (Å²) in [5.74, 6) is 0. The number of nitrogens with zero attached hydrogens (tertiary/aromatic N) is 1. The van der Waals surface area contributed by atoms with Crippen LogP contribution in [-0.2, 0) is 16.6 Å². The van der Waals surface area contributed by atoms with Gasteiger partial charge in [-0.1, -0.05) is 49.4 Å². The lowest BCUT2D eigenvalue weighted by Crippen LogP contribution is -2.32. The van der Waals surface area contributed by atoms with Crippen LogP contribution in [0.2, 0.25) is 0 Å². The molecule has 0 unspecified atom stereocenters. The lowest BCUT2D eigenvalue weighted by Gasteiger charge is -2.20. The zero-order valence-electron chi connectivity index (χ0n) is 12.3. The van der Waals surface area contributed by atoms with Gasteiger partial charge in [0.25, 0.3) is 0 Å². The van der Waals surface area contributed by atoms with E-state index in [9.17, 15) is 8.42 Å². The Hall–Kier alpha value is -1.67.